The van der Waals surface area contributed by atoms with Crippen LogP contribution in [0.2, 0.25) is 0 Å². The van der Waals surface area contributed by atoms with Crippen molar-refractivity contribution in [3.63, 3.8) is 0 Å². The van der Waals surface area contributed by atoms with Crippen LogP contribution in [0.1, 0.15) is 458 Å². The van der Waals surface area contributed by atoms with E-state index < -0.39 is 97.5 Å². The third kappa shape index (κ3) is 78.2. The molecule has 0 bridgehead atoms. The summed E-state index contributed by atoms with van der Waals surface area (Å²) in [5, 5.41) is 10.7. The van der Waals surface area contributed by atoms with Crippen LogP contribution in [0.4, 0.5) is 0 Å². The van der Waals surface area contributed by atoms with Gasteiger partial charge in [0.25, 0.3) is 0 Å². The summed E-state index contributed by atoms with van der Waals surface area (Å²) in [5.74, 6) is -1.31. The van der Waals surface area contributed by atoms with Crippen LogP contribution in [0, 0.1) is 5.92 Å². The number of hydrogen-bond donors (Lipinski definition) is 3. The van der Waals surface area contributed by atoms with E-state index in [2.05, 4.69) is 34.6 Å². The molecule has 0 spiro atoms. The van der Waals surface area contributed by atoms with E-state index in [-0.39, 0.29) is 25.7 Å². The summed E-state index contributed by atoms with van der Waals surface area (Å²) < 4.78 is 68.9. The van der Waals surface area contributed by atoms with Crippen molar-refractivity contribution < 1.29 is 80.2 Å². The van der Waals surface area contributed by atoms with E-state index in [0.29, 0.717) is 25.7 Å². The lowest BCUT2D eigenvalue weighted by atomic mass is 10.0. The van der Waals surface area contributed by atoms with E-state index in [1.807, 2.05) is 0 Å². The van der Waals surface area contributed by atoms with Gasteiger partial charge in [-0.15, -0.1) is 0 Å². The Morgan fingerprint density at radius 2 is 0.442 bits per heavy atom. The van der Waals surface area contributed by atoms with Gasteiger partial charge in [-0.05, 0) is 31.6 Å². The largest absolute Gasteiger partial charge is 0.472 e. The summed E-state index contributed by atoms with van der Waals surface area (Å²) in [6, 6.07) is 0. The Morgan fingerprint density at radius 3 is 0.654 bits per heavy atom. The third-order valence-corrected chi connectivity index (χ3v) is 21.9. The van der Waals surface area contributed by atoms with E-state index in [1.165, 1.54) is 283 Å². The topological polar surface area (TPSA) is 237 Å². The maximum absolute atomic E-state index is 13.1. The second-order valence-corrected chi connectivity index (χ2v) is 34.0. The molecule has 5 atom stereocenters. The van der Waals surface area contributed by atoms with Crippen molar-refractivity contribution in [3.05, 3.63) is 0 Å². The first-order valence-corrected chi connectivity index (χ1v) is 47.1. The van der Waals surface area contributed by atoms with E-state index >= 15 is 0 Å². The molecule has 0 amide bonds. The van der Waals surface area contributed by atoms with Crippen molar-refractivity contribution in [2.24, 2.45) is 5.92 Å². The molecule has 0 fully saturated rings. The van der Waals surface area contributed by atoms with Crippen molar-refractivity contribution >= 4 is 39.5 Å². The fourth-order valence-electron chi connectivity index (χ4n) is 13.3. The SMILES string of the molecule is CCCCCCCCCCCCCCCCCCCCCCCCC(=O)O[C@H](COC(=O)CCCCCCCCCCCCCCCC(C)C)COP(=O)(O)OC[C@@H](O)COP(=O)(O)OC[C@@H](COC(=O)CCCCCCCCCCCCC)OC(=O)CCCCCCCCCCCCCCCCC. The zero-order valence-electron chi connectivity index (χ0n) is 68.2. The van der Waals surface area contributed by atoms with Crippen LogP contribution < -0.4 is 0 Å². The molecule has 0 aromatic carbocycles. The molecule has 2 unspecified atom stereocenters. The second kappa shape index (κ2) is 77.8. The van der Waals surface area contributed by atoms with Crippen LogP contribution in [0.15, 0.2) is 0 Å². The molecular weight excluding hydrogens is 1350 g/mol. The highest BCUT2D eigenvalue weighted by molar-refractivity contribution is 7.47. The Hall–Kier alpha value is -1.94. The van der Waals surface area contributed by atoms with Crippen molar-refractivity contribution in [1.29, 1.82) is 0 Å². The van der Waals surface area contributed by atoms with Gasteiger partial charge in [-0.25, -0.2) is 9.13 Å². The van der Waals surface area contributed by atoms with Gasteiger partial charge in [0.15, 0.2) is 12.2 Å². The van der Waals surface area contributed by atoms with Gasteiger partial charge in [-0.2, -0.15) is 0 Å². The van der Waals surface area contributed by atoms with Gasteiger partial charge in [0.1, 0.15) is 19.3 Å². The summed E-state index contributed by atoms with van der Waals surface area (Å²) >= 11 is 0. The first kappa shape index (κ1) is 102. The summed E-state index contributed by atoms with van der Waals surface area (Å²) in [4.78, 5) is 73.2. The summed E-state index contributed by atoms with van der Waals surface area (Å²) in [7, 11) is -9.92. The maximum Gasteiger partial charge on any atom is 0.472 e. The lowest BCUT2D eigenvalue weighted by Gasteiger charge is -2.21. The Morgan fingerprint density at radius 1 is 0.260 bits per heavy atom. The second-order valence-electron chi connectivity index (χ2n) is 31.1. The highest BCUT2D eigenvalue weighted by atomic mass is 31.2. The lowest BCUT2D eigenvalue weighted by molar-refractivity contribution is -0.161. The molecule has 0 aromatic rings. The maximum atomic E-state index is 13.1. The van der Waals surface area contributed by atoms with Gasteiger partial charge in [0, 0.05) is 25.7 Å². The quantitative estimate of drug-likeness (QED) is 0.0222. The Kier molecular flexibility index (Phi) is 76.3. The third-order valence-electron chi connectivity index (χ3n) is 20.0. The predicted octanol–water partition coefficient (Wildman–Crippen LogP) is 26.0. The van der Waals surface area contributed by atoms with Gasteiger partial charge in [-0.1, -0.05) is 407 Å². The number of phosphoric ester groups is 2. The summed E-state index contributed by atoms with van der Waals surface area (Å²) in [5.41, 5.74) is 0. The fraction of sp³-hybridized carbons (Fsp3) is 0.953. The van der Waals surface area contributed by atoms with Crippen LogP contribution in [-0.2, 0) is 65.4 Å². The van der Waals surface area contributed by atoms with Crippen molar-refractivity contribution in [2.75, 3.05) is 39.6 Å². The molecule has 0 saturated carbocycles. The van der Waals surface area contributed by atoms with Gasteiger partial charge in [0.05, 0.1) is 26.4 Å². The normalized spacial score (nSPS) is 13.8. The average molecular weight is 1520 g/mol. The molecular formula is C85H166O17P2. The minimum atomic E-state index is -4.96. The van der Waals surface area contributed by atoms with Crippen LogP contribution in [0.5, 0.6) is 0 Å². The van der Waals surface area contributed by atoms with Gasteiger partial charge >= 0.3 is 39.5 Å². The van der Waals surface area contributed by atoms with Crippen molar-refractivity contribution in [2.45, 2.75) is 477 Å². The smallest absolute Gasteiger partial charge is 0.462 e. The van der Waals surface area contributed by atoms with Crippen molar-refractivity contribution in [1.82, 2.24) is 0 Å². The molecule has 0 aliphatic carbocycles. The molecule has 0 heterocycles. The monoisotopic (exact) mass is 1520 g/mol. The molecule has 0 aliphatic heterocycles. The molecule has 0 aromatic heterocycles. The zero-order valence-corrected chi connectivity index (χ0v) is 70.0. The Bertz CT molecular complexity index is 1980. The number of rotatable bonds is 85. The van der Waals surface area contributed by atoms with Crippen LogP contribution in [0.3, 0.4) is 0 Å². The average Bonchev–Trinajstić information content (AvgIpc) is 0.917. The Balaban J connectivity index is 5.22. The molecule has 0 radical (unpaired) electrons. The first-order chi connectivity index (χ1) is 50.5. The highest BCUT2D eigenvalue weighted by Crippen LogP contribution is 2.45. The number of carbonyl (C=O) groups excluding carboxylic acids is 4. The number of unbranched alkanes of at least 4 members (excludes halogenated alkanes) is 57. The van der Waals surface area contributed by atoms with Gasteiger partial charge in [0.2, 0.25) is 0 Å². The molecule has 0 aliphatic rings. The number of aliphatic hydroxyl groups is 1. The molecule has 618 valence electrons. The molecule has 0 saturated heterocycles. The van der Waals surface area contributed by atoms with Crippen LogP contribution >= 0.6 is 15.6 Å². The lowest BCUT2D eigenvalue weighted by Crippen LogP contribution is -2.30. The standard InChI is InChI=1S/C85H166O17P2/c1-6-9-12-15-18-21-24-26-28-29-30-31-32-33-34-36-40-46-51-56-61-66-71-85(90)102-81(75-96-83(88)69-64-59-54-49-44-41-37-38-43-47-52-57-62-67-78(4)5)77-100-104(93,94)98-73-79(86)72-97-103(91,92)99-76-80(74-95-82(87)68-63-58-53-48-42-23-20-17-14-11-8-3)101-84(89)70-65-60-55-50-45-39-35-27-25-22-19-16-13-10-7-2/h78-81,86H,6-77H2,1-5H3,(H,91,92)(H,93,94)/t79-,80+,81+/m0/s1. The van der Waals surface area contributed by atoms with E-state index in [4.69, 9.17) is 37.0 Å². The van der Waals surface area contributed by atoms with Crippen LogP contribution in [0.25, 0.3) is 0 Å². The molecule has 3 N–H and O–H groups in total. The molecule has 104 heavy (non-hydrogen) atoms. The number of phosphoric acid groups is 2. The van der Waals surface area contributed by atoms with Crippen molar-refractivity contribution in [3.8, 4) is 0 Å². The number of esters is 4. The van der Waals surface area contributed by atoms with Gasteiger partial charge < -0.3 is 33.8 Å². The first-order valence-electron chi connectivity index (χ1n) is 44.1. The predicted molar refractivity (Wildman–Crippen MR) is 428 cm³/mol. The van der Waals surface area contributed by atoms with E-state index in [9.17, 15) is 43.2 Å². The minimum absolute atomic E-state index is 0.109. The van der Waals surface area contributed by atoms with Crippen LogP contribution in [-0.4, -0.2) is 96.7 Å². The summed E-state index contributed by atoms with van der Waals surface area (Å²) in [6.45, 7) is 7.37. The van der Waals surface area contributed by atoms with E-state index in [1.54, 1.807) is 0 Å². The zero-order chi connectivity index (χ0) is 76.2. The Labute approximate surface area is 638 Å². The number of hydrogen-bond acceptors (Lipinski definition) is 15. The molecule has 0 rings (SSSR count). The van der Waals surface area contributed by atoms with Gasteiger partial charge in [-0.3, -0.25) is 37.3 Å². The number of carbonyl (C=O) groups is 4. The van der Waals surface area contributed by atoms with E-state index in [0.717, 1.165) is 95.8 Å². The number of ether oxygens (including phenoxy) is 4. The molecule has 17 nitrogen and oxygen atoms in total. The minimum Gasteiger partial charge on any atom is -0.462 e. The number of aliphatic hydroxyl groups excluding tert-OH is 1. The summed E-state index contributed by atoms with van der Waals surface area (Å²) in [6.07, 6.45) is 70.8. The highest BCUT2D eigenvalue weighted by Gasteiger charge is 2.30. The molecule has 19 heteroatoms. The fourth-order valence-corrected chi connectivity index (χ4v) is 14.9.